The Hall–Kier alpha value is -2.62. The second-order valence-corrected chi connectivity index (χ2v) is 8.58. The van der Waals surface area contributed by atoms with Gasteiger partial charge in [-0.2, -0.15) is 4.98 Å². The van der Waals surface area contributed by atoms with Crippen LogP contribution in [-0.4, -0.2) is 47.5 Å². The molecule has 1 aliphatic heterocycles. The molecule has 29 heavy (non-hydrogen) atoms. The summed E-state index contributed by atoms with van der Waals surface area (Å²) >= 11 is 1.53. The van der Waals surface area contributed by atoms with Crippen molar-refractivity contribution in [1.82, 2.24) is 28.7 Å². The Balaban J connectivity index is 1.77. The van der Waals surface area contributed by atoms with Crippen molar-refractivity contribution >= 4 is 28.9 Å². The van der Waals surface area contributed by atoms with Crippen molar-refractivity contribution in [2.75, 3.05) is 23.7 Å². The third-order valence-electron chi connectivity index (χ3n) is 5.36. The third-order valence-corrected chi connectivity index (χ3v) is 6.21. The molecule has 0 aliphatic carbocycles. The molecule has 0 spiro atoms. The summed E-state index contributed by atoms with van der Waals surface area (Å²) in [5.41, 5.74) is 0.232. The van der Waals surface area contributed by atoms with Gasteiger partial charge in [0, 0.05) is 51.9 Å². The first-order valence-electron chi connectivity index (χ1n) is 9.78. The molecule has 0 bridgehead atoms. The van der Waals surface area contributed by atoms with Gasteiger partial charge in [0.05, 0.1) is 0 Å². The number of nitrogens with zero attached hydrogens (tertiary/aromatic N) is 7. The predicted molar refractivity (Wildman–Crippen MR) is 114 cm³/mol. The molecule has 1 aliphatic rings. The molecule has 0 aromatic carbocycles. The van der Waals surface area contributed by atoms with Crippen LogP contribution in [0.25, 0.3) is 11.2 Å². The summed E-state index contributed by atoms with van der Waals surface area (Å²) in [6.45, 7) is 4.60. The van der Waals surface area contributed by atoms with Gasteiger partial charge in [-0.25, -0.2) is 14.8 Å². The maximum absolute atomic E-state index is 13.0. The van der Waals surface area contributed by atoms with Crippen molar-refractivity contribution in [2.24, 2.45) is 20.0 Å². The summed E-state index contributed by atoms with van der Waals surface area (Å²) in [5, 5.41) is 0.699. The number of aryl methyl sites for hydroxylation is 2. The van der Waals surface area contributed by atoms with Crippen LogP contribution in [0.4, 0.5) is 5.95 Å². The van der Waals surface area contributed by atoms with E-state index in [1.54, 1.807) is 25.5 Å². The second kappa shape index (κ2) is 8.02. The molecule has 154 valence electrons. The maximum Gasteiger partial charge on any atom is 0.332 e. The normalized spacial score (nSPS) is 17.2. The Morgan fingerprint density at radius 2 is 1.93 bits per heavy atom. The highest BCUT2D eigenvalue weighted by molar-refractivity contribution is 7.99. The largest absolute Gasteiger partial charge is 0.342 e. The molecule has 3 aromatic rings. The number of piperidine rings is 1. The Labute approximate surface area is 172 Å². The molecule has 0 saturated carbocycles. The van der Waals surface area contributed by atoms with E-state index >= 15 is 0 Å². The third kappa shape index (κ3) is 3.68. The highest BCUT2D eigenvalue weighted by Crippen LogP contribution is 2.26. The quantitative estimate of drug-likeness (QED) is 0.458. The fourth-order valence-electron chi connectivity index (χ4n) is 3.85. The molecular weight excluding hydrogens is 390 g/mol. The summed E-state index contributed by atoms with van der Waals surface area (Å²) in [6, 6.07) is 1.78. The van der Waals surface area contributed by atoms with Crippen molar-refractivity contribution in [1.29, 1.82) is 0 Å². The first-order chi connectivity index (χ1) is 14.0. The Kier molecular flexibility index (Phi) is 5.44. The van der Waals surface area contributed by atoms with E-state index in [1.165, 1.54) is 29.8 Å². The number of fused-ring (bicyclic) bond motifs is 1. The molecular formula is C19H25N7O2S. The SMILES string of the molecule is C[C@@H]1CCCN(c2nc3c(c(=O)n(C)c(=O)n3C)n2CCSc2ncccn2)C1. The molecule has 0 unspecified atom stereocenters. The van der Waals surface area contributed by atoms with Crippen molar-refractivity contribution < 1.29 is 0 Å². The standard InChI is InChI=1S/C19H25N7O2S/c1-13-6-4-9-25(12-13)18-22-15-14(16(27)24(3)19(28)23(15)2)26(18)10-11-29-17-20-7-5-8-21-17/h5,7-8,13H,4,6,9-12H2,1-3H3/t13-/m1/s1. The molecule has 3 aromatic heterocycles. The Morgan fingerprint density at radius 1 is 1.17 bits per heavy atom. The topological polar surface area (TPSA) is 90.8 Å². The zero-order chi connectivity index (χ0) is 20.5. The zero-order valence-electron chi connectivity index (χ0n) is 16.9. The van der Waals surface area contributed by atoms with Crippen molar-refractivity contribution in [2.45, 2.75) is 31.5 Å². The van der Waals surface area contributed by atoms with Crippen LogP contribution in [-0.2, 0) is 20.6 Å². The molecule has 9 nitrogen and oxygen atoms in total. The van der Waals surface area contributed by atoms with Crippen LogP contribution in [0.15, 0.2) is 33.2 Å². The molecule has 1 fully saturated rings. The molecule has 0 radical (unpaired) electrons. The smallest absolute Gasteiger partial charge is 0.332 e. The molecule has 1 saturated heterocycles. The molecule has 4 heterocycles. The maximum atomic E-state index is 13.0. The molecule has 0 amide bonds. The summed E-state index contributed by atoms with van der Waals surface area (Å²) < 4.78 is 4.57. The molecule has 10 heteroatoms. The van der Waals surface area contributed by atoms with Crippen LogP contribution in [0.1, 0.15) is 19.8 Å². The average Bonchev–Trinajstić information content (AvgIpc) is 3.11. The first-order valence-corrected chi connectivity index (χ1v) is 10.8. The van der Waals surface area contributed by atoms with Gasteiger partial charge in [0.25, 0.3) is 5.56 Å². The Morgan fingerprint density at radius 3 is 2.66 bits per heavy atom. The van der Waals surface area contributed by atoms with Crippen LogP contribution in [0.5, 0.6) is 0 Å². The minimum atomic E-state index is -0.363. The number of hydrogen-bond donors (Lipinski definition) is 0. The van der Waals surface area contributed by atoms with E-state index in [4.69, 9.17) is 4.98 Å². The van der Waals surface area contributed by atoms with E-state index in [2.05, 4.69) is 21.8 Å². The van der Waals surface area contributed by atoms with E-state index in [0.717, 1.165) is 30.0 Å². The number of anilines is 1. The summed E-state index contributed by atoms with van der Waals surface area (Å²) in [6.07, 6.45) is 5.72. The minimum Gasteiger partial charge on any atom is -0.342 e. The van der Waals surface area contributed by atoms with Gasteiger partial charge in [-0.3, -0.25) is 13.9 Å². The van der Waals surface area contributed by atoms with Crippen LogP contribution in [0.3, 0.4) is 0 Å². The molecule has 4 rings (SSSR count). The average molecular weight is 416 g/mol. The van der Waals surface area contributed by atoms with Crippen LogP contribution < -0.4 is 16.1 Å². The van der Waals surface area contributed by atoms with Gasteiger partial charge in [-0.15, -0.1) is 0 Å². The lowest BCUT2D eigenvalue weighted by Gasteiger charge is -2.32. The number of aromatic nitrogens is 6. The van der Waals surface area contributed by atoms with Gasteiger partial charge in [-0.05, 0) is 24.8 Å². The number of imidazole rings is 1. The number of hydrogen-bond acceptors (Lipinski definition) is 7. The highest BCUT2D eigenvalue weighted by Gasteiger charge is 2.25. The highest BCUT2D eigenvalue weighted by atomic mass is 32.2. The lowest BCUT2D eigenvalue weighted by atomic mass is 10.0. The monoisotopic (exact) mass is 415 g/mol. The number of rotatable bonds is 5. The van der Waals surface area contributed by atoms with Gasteiger partial charge < -0.3 is 9.47 Å². The van der Waals surface area contributed by atoms with Crippen LogP contribution >= 0.6 is 11.8 Å². The minimum absolute atomic E-state index is 0.312. The van der Waals surface area contributed by atoms with E-state index in [-0.39, 0.29) is 11.2 Å². The summed E-state index contributed by atoms with van der Waals surface area (Å²) in [5.74, 6) is 2.02. The van der Waals surface area contributed by atoms with Gasteiger partial charge in [-0.1, -0.05) is 18.7 Å². The van der Waals surface area contributed by atoms with Crippen LogP contribution in [0.2, 0.25) is 0 Å². The molecule has 0 N–H and O–H groups in total. The van der Waals surface area contributed by atoms with E-state index in [0.29, 0.717) is 34.5 Å². The first kappa shape index (κ1) is 19.7. The lowest BCUT2D eigenvalue weighted by Crippen LogP contribution is -2.38. The van der Waals surface area contributed by atoms with Gasteiger partial charge in [0.2, 0.25) is 5.95 Å². The van der Waals surface area contributed by atoms with Crippen molar-refractivity contribution in [3.05, 3.63) is 39.3 Å². The fourth-order valence-corrected chi connectivity index (χ4v) is 4.57. The Bertz CT molecular complexity index is 1140. The van der Waals surface area contributed by atoms with E-state index < -0.39 is 0 Å². The molecule has 1 atom stereocenters. The summed E-state index contributed by atoms with van der Waals surface area (Å²) in [7, 11) is 3.17. The van der Waals surface area contributed by atoms with Gasteiger partial charge >= 0.3 is 5.69 Å². The van der Waals surface area contributed by atoms with Gasteiger partial charge in [0.15, 0.2) is 16.3 Å². The van der Waals surface area contributed by atoms with E-state index in [9.17, 15) is 9.59 Å². The second-order valence-electron chi connectivity index (χ2n) is 7.51. The lowest BCUT2D eigenvalue weighted by molar-refractivity contribution is 0.438. The van der Waals surface area contributed by atoms with Crippen LogP contribution in [0, 0.1) is 5.92 Å². The fraction of sp³-hybridized carbons (Fsp3) is 0.526. The summed E-state index contributed by atoms with van der Waals surface area (Å²) in [4.78, 5) is 40.8. The van der Waals surface area contributed by atoms with Crippen molar-refractivity contribution in [3.63, 3.8) is 0 Å². The van der Waals surface area contributed by atoms with E-state index in [1.807, 2.05) is 4.57 Å². The van der Waals surface area contributed by atoms with Crippen molar-refractivity contribution in [3.8, 4) is 0 Å². The predicted octanol–water partition coefficient (Wildman–Crippen LogP) is 1.25. The van der Waals surface area contributed by atoms with Gasteiger partial charge in [0.1, 0.15) is 0 Å². The number of thioether (sulfide) groups is 1. The zero-order valence-corrected chi connectivity index (χ0v) is 17.7.